The standard InChI is InChI=1S/C20H31NO4/c1-4-5-6-7-8-9-10-11-16(22)14-20(23)21-18-15-17(24-2)12-13-19(18)25-3/h12-13,15H,4-11,14H2,1-3H3,(H,21,23). The number of benzene rings is 1. The van der Waals surface area contributed by atoms with E-state index in [9.17, 15) is 9.59 Å². The summed E-state index contributed by atoms with van der Waals surface area (Å²) in [5, 5.41) is 2.73. The average molecular weight is 349 g/mol. The van der Waals surface area contributed by atoms with Crippen molar-refractivity contribution in [2.45, 2.75) is 64.7 Å². The quantitative estimate of drug-likeness (QED) is 0.412. The van der Waals surface area contributed by atoms with Gasteiger partial charge in [-0.05, 0) is 18.6 Å². The van der Waals surface area contributed by atoms with E-state index in [0.29, 0.717) is 23.6 Å². The topological polar surface area (TPSA) is 64.6 Å². The predicted molar refractivity (Wildman–Crippen MR) is 100 cm³/mol. The first-order chi connectivity index (χ1) is 12.1. The van der Waals surface area contributed by atoms with Gasteiger partial charge in [-0.2, -0.15) is 0 Å². The van der Waals surface area contributed by atoms with Crippen molar-refractivity contribution in [2.24, 2.45) is 0 Å². The zero-order valence-electron chi connectivity index (χ0n) is 15.7. The minimum Gasteiger partial charge on any atom is -0.497 e. The minimum atomic E-state index is -0.320. The molecule has 0 aromatic heterocycles. The molecule has 1 N–H and O–H groups in total. The Balaban J connectivity index is 2.33. The Kier molecular flexibility index (Phi) is 10.4. The van der Waals surface area contributed by atoms with Crippen LogP contribution < -0.4 is 14.8 Å². The number of rotatable bonds is 13. The van der Waals surface area contributed by atoms with Crippen LogP contribution >= 0.6 is 0 Å². The summed E-state index contributed by atoms with van der Waals surface area (Å²) in [6.45, 7) is 2.20. The fourth-order valence-corrected chi connectivity index (χ4v) is 2.65. The van der Waals surface area contributed by atoms with Gasteiger partial charge in [-0.15, -0.1) is 0 Å². The lowest BCUT2D eigenvalue weighted by Crippen LogP contribution is -2.17. The largest absolute Gasteiger partial charge is 0.497 e. The highest BCUT2D eigenvalue weighted by Crippen LogP contribution is 2.29. The maximum absolute atomic E-state index is 12.1. The number of anilines is 1. The van der Waals surface area contributed by atoms with Gasteiger partial charge in [0.2, 0.25) is 5.91 Å². The Morgan fingerprint density at radius 2 is 1.64 bits per heavy atom. The maximum atomic E-state index is 12.1. The number of hydrogen-bond acceptors (Lipinski definition) is 4. The summed E-state index contributed by atoms with van der Waals surface area (Å²) < 4.78 is 10.4. The van der Waals surface area contributed by atoms with Crippen LogP contribution in [0.1, 0.15) is 64.7 Å². The first kappa shape index (κ1) is 21.0. The molecule has 5 nitrogen and oxygen atoms in total. The number of ketones is 1. The second-order valence-electron chi connectivity index (χ2n) is 6.20. The predicted octanol–water partition coefficient (Wildman–Crippen LogP) is 4.74. The molecule has 0 saturated carbocycles. The van der Waals surface area contributed by atoms with Crippen LogP contribution in [0.4, 0.5) is 5.69 Å². The maximum Gasteiger partial charge on any atom is 0.231 e. The second kappa shape index (κ2) is 12.3. The molecule has 0 unspecified atom stereocenters. The zero-order chi connectivity index (χ0) is 18.5. The zero-order valence-corrected chi connectivity index (χ0v) is 15.7. The molecule has 0 aliphatic rings. The number of carbonyl (C=O) groups is 2. The van der Waals surface area contributed by atoms with Gasteiger partial charge in [0.1, 0.15) is 17.3 Å². The van der Waals surface area contributed by atoms with Crippen molar-refractivity contribution >= 4 is 17.4 Å². The Labute approximate surface area is 151 Å². The Hall–Kier alpha value is -2.04. The van der Waals surface area contributed by atoms with Crippen molar-refractivity contribution < 1.29 is 19.1 Å². The fraction of sp³-hybridized carbons (Fsp3) is 0.600. The van der Waals surface area contributed by atoms with Gasteiger partial charge in [-0.3, -0.25) is 9.59 Å². The Bertz CT molecular complexity index is 542. The van der Waals surface area contributed by atoms with Gasteiger partial charge >= 0.3 is 0 Å². The molecule has 1 amide bonds. The van der Waals surface area contributed by atoms with Crippen LogP contribution in [0.15, 0.2) is 18.2 Å². The highest BCUT2D eigenvalue weighted by Gasteiger charge is 2.13. The van der Waals surface area contributed by atoms with E-state index in [1.54, 1.807) is 25.3 Å². The van der Waals surface area contributed by atoms with E-state index in [1.807, 2.05) is 0 Å². The van der Waals surface area contributed by atoms with Crippen molar-refractivity contribution in [1.29, 1.82) is 0 Å². The lowest BCUT2D eigenvalue weighted by molar-refractivity contribution is -0.125. The second-order valence-corrected chi connectivity index (χ2v) is 6.20. The number of unbranched alkanes of at least 4 members (excludes halogenated alkanes) is 6. The van der Waals surface area contributed by atoms with E-state index >= 15 is 0 Å². The van der Waals surface area contributed by atoms with Crippen LogP contribution in [-0.4, -0.2) is 25.9 Å². The molecule has 0 atom stereocenters. The van der Waals surface area contributed by atoms with Crippen molar-refractivity contribution in [3.63, 3.8) is 0 Å². The molecule has 0 bridgehead atoms. The van der Waals surface area contributed by atoms with Crippen molar-refractivity contribution in [3.05, 3.63) is 18.2 Å². The lowest BCUT2D eigenvalue weighted by atomic mass is 10.1. The van der Waals surface area contributed by atoms with Gasteiger partial charge in [0.05, 0.1) is 26.3 Å². The normalized spacial score (nSPS) is 10.4. The van der Waals surface area contributed by atoms with Crippen molar-refractivity contribution in [2.75, 3.05) is 19.5 Å². The molecule has 0 radical (unpaired) electrons. The third kappa shape index (κ3) is 8.57. The van der Waals surface area contributed by atoms with Crippen molar-refractivity contribution in [1.82, 2.24) is 0 Å². The molecule has 0 fully saturated rings. The SMILES string of the molecule is CCCCCCCCCC(=O)CC(=O)Nc1cc(OC)ccc1OC. The number of Topliss-reactive ketones (excluding diaryl/α,β-unsaturated/α-hetero) is 1. The first-order valence-electron chi connectivity index (χ1n) is 9.14. The van der Waals surface area contributed by atoms with Crippen molar-refractivity contribution in [3.8, 4) is 11.5 Å². The van der Waals surface area contributed by atoms with Crippen LogP contribution in [0, 0.1) is 0 Å². The summed E-state index contributed by atoms with van der Waals surface area (Å²) in [6, 6.07) is 5.15. The molecular formula is C20H31NO4. The summed E-state index contributed by atoms with van der Waals surface area (Å²) in [5.41, 5.74) is 0.510. The Morgan fingerprint density at radius 1 is 0.960 bits per heavy atom. The lowest BCUT2D eigenvalue weighted by Gasteiger charge is -2.11. The number of carbonyl (C=O) groups excluding carboxylic acids is 2. The van der Waals surface area contributed by atoms with E-state index in [0.717, 1.165) is 12.8 Å². The Morgan fingerprint density at radius 3 is 2.28 bits per heavy atom. The smallest absolute Gasteiger partial charge is 0.231 e. The summed E-state index contributed by atoms with van der Waals surface area (Å²) in [4.78, 5) is 24.0. The summed E-state index contributed by atoms with van der Waals surface area (Å²) in [7, 11) is 3.09. The third-order valence-electron chi connectivity index (χ3n) is 4.10. The molecule has 1 aromatic carbocycles. The number of nitrogens with one attached hydrogen (secondary N) is 1. The number of ether oxygens (including phenoxy) is 2. The van der Waals surface area contributed by atoms with Gasteiger partial charge in [0.15, 0.2) is 0 Å². The van der Waals surface area contributed by atoms with Crippen LogP contribution in [0.25, 0.3) is 0 Å². The molecule has 0 spiro atoms. The molecule has 1 rings (SSSR count). The highest BCUT2D eigenvalue weighted by molar-refractivity contribution is 6.04. The third-order valence-corrected chi connectivity index (χ3v) is 4.10. The van der Waals surface area contributed by atoms with E-state index < -0.39 is 0 Å². The fourth-order valence-electron chi connectivity index (χ4n) is 2.65. The number of amides is 1. The first-order valence-corrected chi connectivity index (χ1v) is 9.14. The molecule has 0 heterocycles. The molecule has 0 aliphatic heterocycles. The number of hydrogen-bond donors (Lipinski definition) is 1. The van der Waals surface area contributed by atoms with Crippen LogP contribution in [0.3, 0.4) is 0 Å². The molecule has 0 saturated heterocycles. The minimum absolute atomic E-state index is 0.0204. The summed E-state index contributed by atoms with van der Waals surface area (Å²) in [5.74, 6) is 0.812. The monoisotopic (exact) mass is 349 g/mol. The molecule has 0 aliphatic carbocycles. The molecular weight excluding hydrogens is 318 g/mol. The molecule has 25 heavy (non-hydrogen) atoms. The highest BCUT2D eigenvalue weighted by atomic mass is 16.5. The van der Waals surface area contributed by atoms with Gasteiger partial charge in [-0.1, -0.05) is 45.4 Å². The van der Waals surface area contributed by atoms with Gasteiger partial charge in [-0.25, -0.2) is 0 Å². The van der Waals surface area contributed by atoms with E-state index in [4.69, 9.17) is 9.47 Å². The average Bonchev–Trinajstić information content (AvgIpc) is 2.60. The van der Waals surface area contributed by atoms with E-state index in [1.165, 1.54) is 39.2 Å². The van der Waals surface area contributed by atoms with Crippen LogP contribution in [0.5, 0.6) is 11.5 Å². The van der Waals surface area contributed by atoms with E-state index in [-0.39, 0.29) is 18.1 Å². The van der Waals surface area contributed by atoms with Gasteiger partial charge < -0.3 is 14.8 Å². The van der Waals surface area contributed by atoms with Crippen LogP contribution in [0.2, 0.25) is 0 Å². The summed E-state index contributed by atoms with van der Waals surface area (Å²) in [6.07, 6.45) is 8.49. The molecule has 1 aromatic rings. The molecule has 5 heteroatoms. The van der Waals surface area contributed by atoms with Crippen LogP contribution in [-0.2, 0) is 9.59 Å². The molecule has 140 valence electrons. The van der Waals surface area contributed by atoms with Gasteiger partial charge in [0, 0.05) is 12.5 Å². The number of methoxy groups -OCH3 is 2. The van der Waals surface area contributed by atoms with E-state index in [2.05, 4.69) is 12.2 Å². The summed E-state index contributed by atoms with van der Waals surface area (Å²) >= 11 is 0. The van der Waals surface area contributed by atoms with Gasteiger partial charge in [0.25, 0.3) is 0 Å².